The Morgan fingerprint density at radius 2 is 1.65 bits per heavy atom. The lowest BCUT2D eigenvalue weighted by Crippen LogP contribution is -1.82. The van der Waals surface area contributed by atoms with Crippen molar-refractivity contribution in [2.75, 3.05) is 7.11 Å². The average molecular weight is 245 g/mol. The fourth-order valence-electron chi connectivity index (χ4n) is 1.51. The van der Waals surface area contributed by atoms with Gasteiger partial charge in [0.25, 0.3) is 0 Å². The molecule has 86 valence electrons. The average Bonchev–Trinajstić information content (AvgIpc) is 2.38. The van der Waals surface area contributed by atoms with E-state index in [-0.39, 0.29) is 0 Å². The second-order valence-electron chi connectivity index (χ2n) is 3.66. The van der Waals surface area contributed by atoms with E-state index in [1.807, 2.05) is 60.7 Å². The molecule has 0 bridgehead atoms. The number of ether oxygens (including phenoxy) is 1. The van der Waals surface area contributed by atoms with E-state index in [1.54, 1.807) is 7.11 Å². The first-order chi connectivity index (χ1) is 8.28. The zero-order valence-corrected chi connectivity index (χ0v) is 10.3. The minimum Gasteiger partial charge on any atom is -0.497 e. The van der Waals surface area contributed by atoms with Gasteiger partial charge in [0.2, 0.25) is 0 Å². The van der Waals surface area contributed by atoms with Crippen molar-refractivity contribution in [3.05, 3.63) is 64.7 Å². The van der Waals surface area contributed by atoms with E-state index in [1.165, 1.54) is 0 Å². The summed E-state index contributed by atoms with van der Waals surface area (Å²) in [5.74, 6) is 0.864. The molecule has 2 heteroatoms. The van der Waals surface area contributed by atoms with Crippen molar-refractivity contribution in [2.45, 2.75) is 0 Å². The maximum absolute atomic E-state index is 5.83. The Morgan fingerprint density at radius 1 is 0.941 bits per heavy atom. The van der Waals surface area contributed by atoms with Gasteiger partial charge < -0.3 is 4.74 Å². The van der Waals surface area contributed by atoms with E-state index in [9.17, 15) is 0 Å². The molecule has 1 nitrogen and oxygen atoms in total. The number of halogens is 1. The third-order valence-corrected chi connectivity index (χ3v) is 2.68. The smallest absolute Gasteiger partial charge is 0.119 e. The summed E-state index contributed by atoms with van der Waals surface area (Å²) in [6.45, 7) is 0. The van der Waals surface area contributed by atoms with Crippen LogP contribution >= 0.6 is 11.6 Å². The van der Waals surface area contributed by atoms with Crippen LogP contribution in [0.1, 0.15) is 11.1 Å². The zero-order valence-electron chi connectivity index (χ0n) is 9.56. The van der Waals surface area contributed by atoms with Gasteiger partial charge in [-0.15, -0.1) is 0 Å². The number of hydrogen-bond acceptors (Lipinski definition) is 1. The third-order valence-electron chi connectivity index (χ3n) is 2.43. The lowest BCUT2D eigenvalue weighted by molar-refractivity contribution is 0.414. The molecule has 0 radical (unpaired) electrons. The van der Waals surface area contributed by atoms with Gasteiger partial charge in [0, 0.05) is 5.02 Å². The number of hydrogen-bond donors (Lipinski definition) is 0. The predicted octanol–water partition coefficient (Wildman–Crippen LogP) is 4.52. The summed E-state index contributed by atoms with van der Waals surface area (Å²) >= 11 is 5.83. The lowest BCUT2D eigenvalue weighted by atomic mass is 10.1. The number of methoxy groups -OCH3 is 1. The standard InChI is InChI=1S/C15H13ClO/c1-17-15-4-2-3-13(11-15)6-5-12-7-9-14(16)10-8-12/h2-11H,1H3/b6-5+. The molecule has 0 spiro atoms. The molecule has 0 unspecified atom stereocenters. The predicted molar refractivity (Wildman–Crippen MR) is 73.4 cm³/mol. The molecule has 0 saturated carbocycles. The molecule has 0 atom stereocenters. The summed E-state index contributed by atoms with van der Waals surface area (Å²) in [7, 11) is 1.67. The van der Waals surface area contributed by atoms with E-state index < -0.39 is 0 Å². The van der Waals surface area contributed by atoms with Crippen LogP contribution in [0.2, 0.25) is 5.02 Å². The van der Waals surface area contributed by atoms with Crippen molar-refractivity contribution in [2.24, 2.45) is 0 Å². The van der Waals surface area contributed by atoms with Gasteiger partial charge in [-0.1, -0.05) is 48.0 Å². The van der Waals surface area contributed by atoms with Crippen LogP contribution in [0.4, 0.5) is 0 Å². The lowest BCUT2D eigenvalue weighted by Gasteiger charge is -2.00. The normalized spacial score (nSPS) is 10.7. The number of rotatable bonds is 3. The van der Waals surface area contributed by atoms with Crippen LogP contribution in [0.3, 0.4) is 0 Å². The summed E-state index contributed by atoms with van der Waals surface area (Å²) < 4.78 is 5.17. The molecule has 2 rings (SSSR count). The van der Waals surface area contributed by atoms with E-state index in [0.29, 0.717) is 0 Å². The van der Waals surface area contributed by atoms with Crippen molar-refractivity contribution in [1.82, 2.24) is 0 Å². The molecule has 17 heavy (non-hydrogen) atoms. The molecule has 0 saturated heterocycles. The van der Waals surface area contributed by atoms with Gasteiger partial charge in [-0.25, -0.2) is 0 Å². The zero-order chi connectivity index (χ0) is 12.1. The maximum Gasteiger partial charge on any atom is 0.119 e. The van der Waals surface area contributed by atoms with Gasteiger partial charge >= 0.3 is 0 Å². The minimum absolute atomic E-state index is 0.753. The molecule has 0 aliphatic heterocycles. The molecule has 0 aromatic heterocycles. The summed E-state index contributed by atoms with van der Waals surface area (Å²) in [5, 5.41) is 0.753. The van der Waals surface area contributed by atoms with Crippen molar-refractivity contribution in [1.29, 1.82) is 0 Å². The quantitative estimate of drug-likeness (QED) is 0.722. The van der Waals surface area contributed by atoms with Crippen LogP contribution in [0.15, 0.2) is 48.5 Å². The first kappa shape index (κ1) is 11.7. The van der Waals surface area contributed by atoms with Crippen LogP contribution in [0, 0.1) is 0 Å². The highest BCUT2D eigenvalue weighted by molar-refractivity contribution is 6.30. The number of benzene rings is 2. The van der Waals surface area contributed by atoms with E-state index in [0.717, 1.165) is 21.9 Å². The molecule has 0 aliphatic rings. The Labute approximate surface area is 106 Å². The summed E-state index contributed by atoms with van der Waals surface area (Å²) in [6.07, 6.45) is 4.09. The Bertz CT molecular complexity index is 515. The van der Waals surface area contributed by atoms with E-state index in [4.69, 9.17) is 16.3 Å². The van der Waals surface area contributed by atoms with Crippen molar-refractivity contribution in [3.8, 4) is 5.75 Å². The van der Waals surface area contributed by atoms with Gasteiger partial charge in [-0.2, -0.15) is 0 Å². The van der Waals surface area contributed by atoms with Gasteiger partial charge in [-0.05, 0) is 35.4 Å². The topological polar surface area (TPSA) is 9.23 Å². The third kappa shape index (κ3) is 3.36. The first-order valence-corrected chi connectivity index (χ1v) is 5.73. The van der Waals surface area contributed by atoms with Crippen LogP contribution < -0.4 is 4.74 Å². The summed E-state index contributed by atoms with van der Waals surface area (Å²) in [4.78, 5) is 0. The molecule has 2 aromatic rings. The molecule has 2 aromatic carbocycles. The maximum atomic E-state index is 5.83. The highest BCUT2D eigenvalue weighted by Gasteiger charge is 1.92. The van der Waals surface area contributed by atoms with Gasteiger partial charge in [0.05, 0.1) is 7.11 Å². The van der Waals surface area contributed by atoms with Crippen LogP contribution in [-0.2, 0) is 0 Å². The highest BCUT2D eigenvalue weighted by Crippen LogP contribution is 2.16. The Kier molecular flexibility index (Phi) is 3.84. The van der Waals surface area contributed by atoms with E-state index >= 15 is 0 Å². The molecular formula is C15H13ClO. The molecular weight excluding hydrogens is 232 g/mol. The molecule has 0 fully saturated rings. The van der Waals surface area contributed by atoms with Gasteiger partial charge in [0.15, 0.2) is 0 Å². The van der Waals surface area contributed by atoms with E-state index in [2.05, 4.69) is 0 Å². The minimum atomic E-state index is 0.753. The van der Waals surface area contributed by atoms with Gasteiger partial charge in [0.1, 0.15) is 5.75 Å². The molecule has 0 amide bonds. The van der Waals surface area contributed by atoms with Crippen molar-refractivity contribution in [3.63, 3.8) is 0 Å². The van der Waals surface area contributed by atoms with Crippen LogP contribution in [-0.4, -0.2) is 7.11 Å². The Balaban J connectivity index is 2.16. The van der Waals surface area contributed by atoms with Gasteiger partial charge in [-0.3, -0.25) is 0 Å². The van der Waals surface area contributed by atoms with Crippen molar-refractivity contribution < 1.29 is 4.74 Å². The molecule has 0 heterocycles. The highest BCUT2D eigenvalue weighted by atomic mass is 35.5. The monoisotopic (exact) mass is 244 g/mol. The second kappa shape index (κ2) is 5.55. The summed E-state index contributed by atoms with van der Waals surface area (Å²) in [6, 6.07) is 15.7. The van der Waals surface area contributed by atoms with Crippen LogP contribution in [0.25, 0.3) is 12.2 Å². The Morgan fingerprint density at radius 3 is 2.35 bits per heavy atom. The second-order valence-corrected chi connectivity index (χ2v) is 4.10. The van der Waals surface area contributed by atoms with Crippen LogP contribution in [0.5, 0.6) is 5.75 Å². The fraction of sp³-hybridized carbons (Fsp3) is 0.0667. The fourth-order valence-corrected chi connectivity index (χ4v) is 1.64. The largest absolute Gasteiger partial charge is 0.497 e. The Hall–Kier alpha value is -1.73. The first-order valence-electron chi connectivity index (χ1n) is 5.35. The SMILES string of the molecule is COc1cccc(/C=C/c2ccc(Cl)cc2)c1. The molecule has 0 N–H and O–H groups in total. The molecule has 0 aliphatic carbocycles. The van der Waals surface area contributed by atoms with Crippen molar-refractivity contribution >= 4 is 23.8 Å². The summed E-state index contributed by atoms with van der Waals surface area (Å²) in [5.41, 5.74) is 2.23.